The summed E-state index contributed by atoms with van der Waals surface area (Å²) in [5.74, 6) is -0.452. The number of benzene rings is 1. The molecule has 0 aliphatic rings. The predicted octanol–water partition coefficient (Wildman–Crippen LogP) is 4.89. The van der Waals surface area contributed by atoms with Crippen molar-refractivity contribution in [3.8, 4) is 0 Å². The molecule has 1 aromatic carbocycles. The first kappa shape index (κ1) is 17.9. The summed E-state index contributed by atoms with van der Waals surface area (Å²) in [5, 5.41) is 0.558. The van der Waals surface area contributed by atoms with Gasteiger partial charge in [0.2, 0.25) is 0 Å². The van der Waals surface area contributed by atoms with Crippen LogP contribution in [0, 0.1) is 5.82 Å². The van der Waals surface area contributed by atoms with Crippen molar-refractivity contribution in [1.82, 2.24) is 0 Å². The Morgan fingerprint density at radius 1 is 1.15 bits per heavy atom. The Bertz CT molecular complexity index is 424. The molecule has 1 aromatic rings. The van der Waals surface area contributed by atoms with Crippen LogP contribution in [0.4, 0.5) is 4.39 Å². The topological polar surface area (TPSA) is 35.2 Å². The van der Waals surface area contributed by atoms with Gasteiger partial charge < -0.3 is 0 Å². The molecule has 2 N–H and O–H groups in total. The van der Waals surface area contributed by atoms with Crippen molar-refractivity contribution < 1.29 is 8.82 Å². The maximum atomic E-state index is 13.3. The molecule has 0 heterocycles. The molecule has 1 rings (SSSR count). The van der Waals surface area contributed by atoms with Crippen molar-refractivity contribution >= 4 is 31.5 Å². The van der Waals surface area contributed by atoms with Gasteiger partial charge in [0.25, 0.3) is 0 Å². The van der Waals surface area contributed by atoms with Crippen LogP contribution < -0.4 is 5.73 Å². The summed E-state index contributed by atoms with van der Waals surface area (Å²) in [6, 6.07) is 5.61. The molecule has 1 atom stereocenters. The van der Waals surface area contributed by atoms with Gasteiger partial charge in [-0.3, -0.25) is 0 Å². The zero-order valence-corrected chi connectivity index (χ0v) is 14.9. The van der Waals surface area contributed by atoms with Crippen molar-refractivity contribution in [3.63, 3.8) is 0 Å². The van der Waals surface area contributed by atoms with Gasteiger partial charge in [0, 0.05) is 0 Å². The Morgan fingerprint density at radius 2 is 1.60 bits per heavy atom. The molecule has 0 aliphatic heterocycles. The first-order valence-corrected chi connectivity index (χ1v) is 10.8. The van der Waals surface area contributed by atoms with E-state index in [-0.39, 0.29) is 22.7 Å². The van der Waals surface area contributed by atoms with E-state index in [0.29, 0.717) is 5.56 Å². The normalized spacial score (nSPS) is 14.3. The number of hydrogen-bond acceptors (Lipinski definition) is 2. The molecule has 20 heavy (non-hydrogen) atoms. The molecule has 0 aliphatic carbocycles. The van der Waals surface area contributed by atoms with Crippen LogP contribution in [-0.2, 0) is 4.43 Å². The van der Waals surface area contributed by atoms with E-state index in [9.17, 15) is 4.39 Å². The van der Waals surface area contributed by atoms with Crippen LogP contribution in [0.2, 0.25) is 28.2 Å². The molecule has 0 radical (unpaired) electrons. The van der Waals surface area contributed by atoms with Crippen molar-refractivity contribution in [2.75, 3.05) is 6.54 Å². The van der Waals surface area contributed by atoms with Gasteiger partial charge in [0.05, 0.1) is 0 Å². The number of hydrogen-bond donors (Lipinski definition) is 1. The molecule has 0 saturated heterocycles. The molecule has 0 amide bonds. The molecule has 6 heteroatoms. The summed E-state index contributed by atoms with van der Waals surface area (Å²) < 4.78 is 19.7. The summed E-state index contributed by atoms with van der Waals surface area (Å²) in [6.45, 7) is 6.74. The Kier molecular flexibility index (Phi) is 6.95. The van der Waals surface area contributed by atoms with E-state index in [2.05, 4.69) is 20.8 Å². The van der Waals surface area contributed by atoms with E-state index in [4.69, 9.17) is 33.4 Å². The van der Waals surface area contributed by atoms with Gasteiger partial charge in [-0.15, -0.1) is 0 Å². The molecule has 0 saturated carbocycles. The van der Waals surface area contributed by atoms with Gasteiger partial charge in [0.15, 0.2) is 0 Å². The molecule has 2 nitrogen and oxygen atoms in total. The number of nitrogens with two attached hydrogens (primary N) is 1. The molecule has 116 valence electrons. The van der Waals surface area contributed by atoms with Gasteiger partial charge in [0.1, 0.15) is 0 Å². The van der Waals surface area contributed by atoms with Gasteiger partial charge in [-0.25, -0.2) is 0 Å². The SMILES string of the molecule is CC[SiH-](CC)(CC)OC(CN)c1c(Cl)cc(F)cc1Cl. The summed E-state index contributed by atoms with van der Waals surface area (Å²) in [7, 11) is -2.15. The summed E-state index contributed by atoms with van der Waals surface area (Å²) in [6.07, 6.45) is -0.361. The van der Waals surface area contributed by atoms with E-state index in [0.717, 1.165) is 18.1 Å². The minimum atomic E-state index is -2.15. The minimum absolute atomic E-state index is 0.279. The molecule has 0 fully saturated rings. The summed E-state index contributed by atoms with van der Waals surface area (Å²) in [4.78, 5) is 0. The zero-order chi connectivity index (χ0) is 15.3. The second kappa shape index (κ2) is 7.76. The molecule has 1 unspecified atom stereocenters. The van der Waals surface area contributed by atoms with Gasteiger partial charge >= 0.3 is 131 Å². The molecular formula is C14H23Cl2FNOSi-. The van der Waals surface area contributed by atoms with Crippen molar-refractivity contribution in [2.45, 2.75) is 45.0 Å². The molecule has 0 spiro atoms. The fourth-order valence-electron chi connectivity index (χ4n) is 2.61. The van der Waals surface area contributed by atoms with Gasteiger partial charge in [-0.05, 0) is 0 Å². The third kappa shape index (κ3) is 3.95. The van der Waals surface area contributed by atoms with Crippen molar-refractivity contribution in [2.24, 2.45) is 5.73 Å². The summed E-state index contributed by atoms with van der Waals surface area (Å²) >= 11 is 12.3. The second-order valence-corrected chi connectivity index (χ2v) is 11.5. The van der Waals surface area contributed by atoms with E-state index in [1.54, 1.807) is 0 Å². The Hall–Kier alpha value is -0.133. The van der Waals surface area contributed by atoms with Crippen LogP contribution in [-0.4, -0.2) is 14.9 Å². The van der Waals surface area contributed by atoms with Crippen LogP contribution in [0.25, 0.3) is 0 Å². The van der Waals surface area contributed by atoms with E-state index in [1.807, 2.05) is 0 Å². The monoisotopic (exact) mass is 338 g/mol. The Balaban J connectivity index is 3.14. The van der Waals surface area contributed by atoms with E-state index >= 15 is 0 Å². The summed E-state index contributed by atoms with van der Waals surface area (Å²) in [5.41, 5.74) is 6.45. The Morgan fingerprint density at radius 3 is 1.95 bits per heavy atom. The fourth-order valence-corrected chi connectivity index (χ4v) is 6.56. The molecule has 0 bridgehead atoms. The third-order valence-electron chi connectivity index (χ3n) is 4.26. The second-order valence-electron chi connectivity index (χ2n) is 5.23. The van der Waals surface area contributed by atoms with Crippen LogP contribution in [0.1, 0.15) is 32.4 Å². The standard InChI is InChI=1S/C14H23Cl2FNOSi/c1-4-20(5-2,6-3)19-13(9-18)14-11(15)7-10(17)8-12(14)16/h7-8,13,20H,4-6,9,18H2,1-3H3/q-1. The predicted molar refractivity (Wildman–Crippen MR) is 87.9 cm³/mol. The first-order chi connectivity index (χ1) is 9.42. The first-order valence-electron chi connectivity index (χ1n) is 7.14. The zero-order valence-electron chi connectivity index (χ0n) is 12.3. The van der Waals surface area contributed by atoms with Gasteiger partial charge in [-0.2, -0.15) is 0 Å². The van der Waals surface area contributed by atoms with E-state index in [1.165, 1.54) is 12.1 Å². The fraction of sp³-hybridized carbons (Fsp3) is 0.571. The molecular weight excluding hydrogens is 316 g/mol. The van der Waals surface area contributed by atoms with Crippen molar-refractivity contribution in [1.29, 1.82) is 0 Å². The van der Waals surface area contributed by atoms with Crippen LogP contribution >= 0.6 is 23.2 Å². The van der Waals surface area contributed by atoms with Crippen LogP contribution in [0.5, 0.6) is 0 Å². The van der Waals surface area contributed by atoms with Crippen LogP contribution in [0.3, 0.4) is 0 Å². The Labute approximate surface area is 131 Å². The third-order valence-corrected chi connectivity index (χ3v) is 10.3. The van der Waals surface area contributed by atoms with E-state index < -0.39 is 14.1 Å². The average Bonchev–Trinajstić information content (AvgIpc) is 2.42. The average molecular weight is 339 g/mol. The van der Waals surface area contributed by atoms with Gasteiger partial charge in [-0.1, -0.05) is 0 Å². The van der Waals surface area contributed by atoms with Crippen LogP contribution in [0.15, 0.2) is 12.1 Å². The quantitative estimate of drug-likeness (QED) is 0.718. The number of rotatable bonds is 7. The molecule has 0 aromatic heterocycles. The number of halogens is 3. The van der Waals surface area contributed by atoms with Crippen molar-refractivity contribution in [3.05, 3.63) is 33.6 Å². The maximum absolute atomic E-state index is 13.3.